The molecule has 1 aliphatic heterocycles. The molecule has 9 nitrogen and oxygen atoms in total. The molecule has 11 heteroatoms. The van der Waals surface area contributed by atoms with Gasteiger partial charge in [-0.1, -0.05) is 0 Å². The predicted molar refractivity (Wildman–Crippen MR) is 110 cm³/mol. The number of morpholine rings is 1. The maximum atomic E-state index is 12.6. The summed E-state index contributed by atoms with van der Waals surface area (Å²) in [7, 11) is 0. The van der Waals surface area contributed by atoms with Crippen molar-refractivity contribution in [3.63, 3.8) is 0 Å². The molecule has 0 spiro atoms. The van der Waals surface area contributed by atoms with Crippen LogP contribution in [0, 0.1) is 0 Å². The van der Waals surface area contributed by atoms with E-state index in [4.69, 9.17) is 4.74 Å². The molecule has 28 heavy (non-hydrogen) atoms. The van der Waals surface area contributed by atoms with Gasteiger partial charge in [-0.3, -0.25) is 19.5 Å². The molecule has 144 valence electrons. The Kier molecular flexibility index (Phi) is 4.38. The van der Waals surface area contributed by atoms with Crippen molar-refractivity contribution in [2.45, 2.75) is 0 Å². The van der Waals surface area contributed by atoms with Crippen LogP contribution in [0.5, 0.6) is 0 Å². The number of aromatic amines is 1. The molecule has 0 bridgehead atoms. The molecule has 0 saturated carbocycles. The second-order valence-electron chi connectivity index (χ2n) is 6.52. The lowest BCUT2D eigenvalue weighted by Crippen LogP contribution is -2.41. The van der Waals surface area contributed by atoms with Crippen LogP contribution in [0.15, 0.2) is 27.0 Å². The fourth-order valence-corrected chi connectivity index (χ4v) is 4.82. The molecule has 0 aliphatic carbocycles. The fourth-order valence-electron chi connectivity index (χ4n) is 3.35. The third-order valence-corrected chi connectivity index (χ3v) is 6.20. The summed E-state index contributed by atoms with van der Waals surface area (Å²) in [5.41, 5.74) is 1.97. The summed E-state index contributed by atoms with van der Waals surface area (Å²) in [6.45, 7) is 3.05. The molecule has 1 amide bonds. The lowest BCUT2D eigenvalue weighted by molar-refractivity contribution is -0.118. The summed E-state index contributed by atoms with van der Waals surface area (Å²) >= 11 is 4.85. The quantitative estimate of drug-likeness (QED) is 0.481. The predicted octanol–water partition coefficient (Wildman–Crippen LogP) is 1.82. The van der Waals surface area contributed by atoms with Crippen molar-refractivity contribution in [3.05, 3.63) is 32.6 Å². The standard InChI is InChI=1S/C17H15BrN6O3S/c18-11-7-24-17(28-11)13-15(22-24)14-10(21-16(13)26)5-9(6-19-14)20-12(25)8-23-1-3-27-4-2-23/h5-7H,1-4,8H2,(H,20,25)(H,21,26). The van der Waals surface area contributed by atoms with E-state index in [0.717, 1.165) is 21.7 Å². The molecule has 4 aromatic heterocycles. The molecule has 1 fully saturated rings. The highest BCUT2D eigenvalue weighted by Crippen LogP contribution is 2.30. The Bertz CT molecular complexity index is 1270. The molecule has 0 aromatic carbocycles. The molecule has 0 radical (unpaired) electrons. The van der Waals surface area contributed by atoms with Crippen LogP contribution >= 0.6 is 27.3 Å². The number of anilines is 1. The summed E-state index contributed by atoms with van der Waals surface area (Å²) in [5, 5.41) is 7.86. The summed E-state index contributed by atoms with van der Waals surface area (Å²) < 4.78 is 7.86. The third kappa shape index (κ3) is 3.09. The Balaban J connectivity index is 1.48. The molecular weight excluding hydrogens is 448 g/mol. The number of halogens is 1. The number of carbonyl (C=O) groups is 1. The number of amides is 1. The minimum absolute atomic E-state index is 0.126. The topological polar surface area (TPSA) is 105 Å². The third-order valence-electron chi connectivity index (χ3n) is 4.63. The Morgan fingerprint density at radius 3 is 3.00 bits per heavy atom. The van der Waals surface area contributed by atoms with E-state index >= 15 is 0 Å². The van der Waals surface area contributed by atoms with E-state index in [0.29, 0.717) is 47.4 Å². The molecule has 2 N–H and O–H groups in total. The van der Waals surface area contributed by atoms with Gasteiger partial charge in [0.1, 0.15) is 21.3 Å². The van der Waals surface area contributed by atoms with E-state index in [1.54, 1.807) is 16.8 Å². The van der Waals surface area contributed by atoms with E-state index in [1.807, 2.05) is 11.1 Å². The van der Waals surface area contributed by atoms with Gasteiger partial charge in [0.25, 0.3) is 5.56 Å². The number of ether oxygens (including phenoxy) is 1. The second kappa shape index (κ2) is 6.92. The maximum Gasteiger partial charge on any atom is 0.261 e. The van der Waals surface area contributed by atoms with Gasteiger partial charge >= 0.3 is 0 Å². The summed E-state index contributed by atoms with van der Waals surface area (Å²) in [6, 6.07) is 1.71. The monoisotopic (exact) mass is 462 g/mol. The van der Waals surface area contributed by atoms with Gasteiger partial charge in [0.05, 0.1) is 47.1 Å². The average molecular weight is 463 g/mol. The van der Waals surface area contributed by atoms with Gasteiger partial charge in [0.2, 0.25) is 5.91 Å². The average Bonchev–Trinajstić information content (AvgIpc) is 3.18. The van der Waals surface area contributed by atoms with E-state index in [9.17, 15) is 9.59 Å². The van der Waals surface area contributed by atoms with E-state index in [-0.39, 0.29) is 11.5 Å². The number of rotatable bonds is 3. The molecule has 0 atom stereocenters. The number of carbonyl (C=O) groups excluding carboxylic acids is 1. The maximum absolute atomic E-state index is 12.6. The second-order valence-corrected chi connectivity index (χ2v) is 8.93. The summed E-state index contributed by atoms with van der Waals surface area (Å²) in [4.78, 5) is 35.0. The highest BCUT2D eigenvalue weighted by Gasteiger charge is 2.18. The first-order valence-corrected chi connectivity index (χ1v) is 10.3. The Morgan fingerprint density at radius 2 is 2.18 bits per heavy atom. The number of nitrogens with zero attached hydrogens (tertiary/aromatic N) is 4. The van der Waals surface area contributed by atoms with Gasteiger partial charge < -0.3 is 15.0 Å². The summed E-state index contributed by atoms with van der Waals surface area (Å²) in [5.74, 6) is -0.126. The zero-order valence-corrected chi connectivity index (χ0v) is 17.0. The number of pyridine rings is 2. The van der Waals surface area contributed by atoms with Gasteiger partial charge in [0, 0.05) is 13.1 Å². The van der Waals surface area contributed by atoms with Crippen LogP contribution in [0.4, 0.5) is 5.69 Å². The van der Waals surface area contributed by atoms with Gasteiger partial charge in [0.15, 0.2) is 0 Å². The lowest BCUT2D eigenvalue weighted by Gasteiger charge is -2.25. The highest BCUT2D eigenvalue weighted by atomic mass is 79.9. The molecule has 1 saturated heterocycles. The molecule has 4 aromatic rings. The first-order chi connectivity index (χ1) is 13.6. The zero-order chi connectivity index (χ0) is 19.3. The van der Waals surface area contributed by atoms with Crippen molar-refractivity contribution in [1.82, 2.24) is 24.5 Å². The first-order valence-electron chi connectivity index (χ1n) is 8.68. The van der Waals surface area contributed by atoms with Crippen molar-refractivity contribution in [2.24, 2.45) is 0 Å². The van der Waals surface area contributed by atoms with Crippen molar-refractivity contribution in [2.75, 3.05) is 38.2 Å². The number of thiazole rings is 1. The highest BCUT2D eigenvalue weighted by molar-refractivity contribution is 9.11. The van der Waals surface area contributed by atoms with E-state index in [1.165, 1.54) is 11.3 Å². The van der Waals surface area contributed by atoms with Crippen molar-refractivity contribution < 1.29 is 9.53 Å². The van der Waals surface area contributed by atoms with Gasteiger partial charge in [-0.15, -0.1) is 11.3 Å². The van der Waals surface area contributed by atoms with Crippen LogP contribution in [0.25, 0.3) is 26.8 Å². The molecule has 5 rings (SSSR count). The zero-order valence-electron chi connectivity index (χ0n) is 14.6. The molecule has 1 aliphatic rings. The van der Waals surface area contributed by atoms with Crippen LogP contribution in [-0.2, 0) is 9.53 Å². The SMILES string of the molecule is O=C(CN1CCOCC1)Nc1cnc2c(c1)[nH]c(=O)c1c2nn2cc(Br)sc12. The Labute approximate surface area is 170 Å². The fraction of sp³-hybridized carbons (Fsp3) is 0.294. The number of nitrogens with one attached hydrogen (secondary N) is 2. The van der Waals surface area contributed by atoms with Crippen LogP contribution < -0.4 is 10.9 Å². The van der Waals surface area contributed by atoms with Crippen molar-refractivity contribution in [3.8, 4) is 0 Å². The smallest absolute Gasteiger partial charge is 0.261 e. The molecule has 0 unspecified atom stereocenters. The number of fused-ring (bicyclic) bond motifs is 5. The first kappa shape index (κ1) is 17.7. The summed E-state index contributed by atoms with van der Waals surface area (Å²) in [6.07, 6.45) is 3.40. The van der Waals surface area contributed by atoms with E-state index < -0.39 is 0 Å². The van der Waals surface area contributed by atoms with Gasteiger partial charge in [-0.25, -0.2) is 4.52 Å². The van der Waals surface area contributed by atoms with Crippen LogP contribution in [-0.4, -0.2) is 63.2 Å². The van der Waals surface area contributed by atoms with Crippen LogP contribution in [0.3, 0.4) is 0 Å². The van der Waals surface area contributed by atoms with Crippen LogP contribution in [0.2, 0.25) is 0 Å². The Hall–Kier alpha value is -2.34. The van der Waals surface area contributed by atoms with Crippen LogP contribution in [0.1, 0.15) is 0 Å². The number of hydrogen-bond acceptors (Lipinski definition) is 7. The molecular formula is C17H15BrN6O3S. The minimum Gasteiger partial charge on any atom is -0.379 e. The minimum atomic E-state index is -0.231. The number of H-pyrrole nitrogens is 1. The number of aromatic nitrogens is 4. The van der Waals surface area contributed by atoms with Crippen molar-refractivity contribution >= 4 is 65.6 Å². The van der Waals surface area contributed by atoms with Crippen molar-refractivity contribution in [1.29, 1.82) is 0 Å². The van der Waals surface area contributed by atoms with E-state index in [2.05, 4.69) is 36.3 Å². The number of hydrogen-bond donors (Lipinski definition) is 2. The Morgan fingerprint density at radius 1 is 1.36 bits per heavy atom. The van der Waals surface area contributed by atoms with Gasteiger partial charge in [-0.05, 0) is 22.0 Å². The lowest BCUT2D eigenvalue weighted by atomic mass is 10.2. The largest absolute Gasteiger partial charge is 0.379 e. The normalized spacial score (nSPS) is 15.6. The van der Waals surface area contributed by atoms with Gasteiger partial charge in [-0.2, -0.15) is 5.10 Å². The molecule has 5 heterocycles.